The monoisotopic (exact) mass is 270 g/mol. The van der Waals surface area contributed by atoms with Gasteiger partial charge < -0.3 is 15.5 Å². The molecule has 1 amide bonds. The lowest BCUT2D eigenvalue weighted by Gasteiger charge is -2.14. The molecule has 1 unspecified atom stereocenters. The van der Waals surface area contributed by atoms with Crippen LogP contribution in [-0.4, -0.2) is 46.0 Å². The van der Waals surface area contributed by atoms with Crippen molar-refractivity contribution in [3.05, 3.63) is 23.9 Å². The third-order valence-electron chi connectivity index (χ3n) is 2.23. The number of aliphatic hydroxyl groups excluding tert-OH is 1. The maximum atomic E-state index is 11.9. The number of amides is 1. The van der Waals surface area contributed by atoms with Gasteiger partial charge in [0.2, 0.25) is 0 Å². The van der Waals surface area contributed by atoms with Crippen LogP contribution in [0.4, 0.5) is 0 Å². The van der Waals surface area contributed by atoms with Gasteiger partial charge in [0.15, 0.2) is 0 Å². The fourth-order valence-electron chi connectivity index (χ4n) is 1.35. The Morgan fingerprint density at radius 2 is 2.28 bits per heavy atom. The van der Waals surface area contributed by atoms with Crippen LogP contribution in [0, 0.1) is 0 Å². The van der Waals surface area contributed by atoms with Crippen LogP contribution in [0.5, 0.6) is 0 Å². The molecule has 7 heteroatoms. The number of nitrogens with zero attached hydrogens (tertiary/aromatic N) is 1. The second kappa shape index (κ2) is 6.97. The molecular weight excluding hydrogens is 256 g/mol. The molecule has 1 rings (SSSR count). The van der Waals surface area contributed by atoms with Crippen LogP contribution in [0.15, 0.2) is 23.4 Å². The van der Waals surface area contributed by atoms with Crippen LogP contribution in [0.1, 0.15) is 16.8 Å². The Morgan fingerprint density at radius 1 is 1.56 bits per heavy atom. The van der Waals surface area contributed by atoms with Crippen LogP contribution in [0.25, 0.3) is 0 Å². The Bertz CT molecular complexity index is 439. The summed E-state index contributed by atoms with van der Waals surface area (Å²) >= 11 is 1.30. The summed E-state index contributed by atoms with van der Waals surface area (Å²) in [5.74, 6) is -1.68. The molecule has 0 aliphatic carbocycles. The van der Waals surface area contributed by atoms with Crippen molar-refractivity contribution in [1.82, 2.24) is 10.3 Å². The standard InChI is InChI=1S/C11H14N2O4S/c1-18-10-7(3-2-5-12-10)9(15)13-8(4-6-14)11(16)17/h2-3,5,8,14H,4,6H2,1H3,(H,13,15)(H,16,17). The van der Waals surface area contributed by atoms with Gasteiger partial charge in [0.05, 0.1) is 5.56 Å². The van der Waals surface area contributed by atoms with Gasteiger partial charge >= 0.3 is 5.97 Å². The molecule has 0 aliphatic heterocycles. The summed E-state index contributed by atoms with van der Waals surface area (Å²) in [6, 6.07) is 2.08. The van der Waals surface area contributed by atoms with E-state index in [2.05, 4.69) is 10.3 Å². The molecule has 1 heterocycles. The molecule has 0 radical (unpaired) electrons. The van der Waals surface area contributed by atoms with Crippen molar-refractivity contribution in [2.24, 2.45) is 0 Å². The predicted molar refractivity (Wildman–Crippen MR) is 66.6 cm³/mol. The van der Waals surface area contributed by atoms with Crippen LogP contribution < -0.4 is 5.32 Å². The number of hydrogen-bond donors (Lipinski definition) is 3. The Morgan fingerprint density at radius 3 is 2.83 bits per heavy atom. The molecule has 1 aromatic rings. The zero-order valence-corrected chi connectivity index (χ0v) is 10.6. The maximum absolute atomic E-state index is 11.9. The molecule has 98 valence electrons. The lowest BCUT2D eigenvalue weighted by Crippen LogP contribution is -2.41. The van der Waals surface area contributed by atoms with Gasteiger partial charge in [0.25, 0.3) is 5.91 Å². The van der Waals surface area contributed by atoms with E-state index in [1.54, 1.807) is 24.6 Å². The number of pyridine rings is 1. The number of rotatable bonds is 6. The van der Waals surface area contributed by atoms with Crippen molar-refractivity contribution in [2.45, 2.75) is 17.5 Å². The number of thioether (sulfide) groups is 1. The van der Waals surface area contributed by atoms with E-state index in [4.69, 9.17) is 10.2 Å². The number of carboxylic acid groups (broad SMARTS) is 1. The maximum Gasteiger partial charge on any atom is 0.326 e. The third-order valence-corrected chi connectivity index (χ3v) is 2.94. The quantitative estimate of drug-likeness (QED) is 0.646. The van der Waals surface area contributed by atoms with Gasteiger partial charge in [-0.1, -0.05) is 0 Å². The first-order chi connectivity index (χ1) is 8.60. The lowest BCUT2D eigenvalue weighted by atomic mass is 10.2. The molecule has 0 spiro atoms. The van der Waals surface area contributed by atoms with E-state index < -0.39 is 17.9 Å². The van der Waals surface area contributed by atoms with Crippen molar-refractivity contribution in [3.63, 3.8) is 0 Å². The van der Waals surface area contributed by atoms with Crippen LogP contribution in [0.2, 0.25) is 0 Å². The summed E-state index contributed by atoms with van der Waals surface area (Å²) < 4.78 is 0. The average molecular weight is 270 g/mol. The summed E-state index contributed by atoms with van der Waals surface area (Å²) in [6.07, 6.45) is 3.31. The van der Waals surface area contributed by atoms with Gasteiger partial charge in [-0.05, 0) is 18.4 Å². The first-order valence-electron chi connectivity index (χ1n) is 5.23. The summed E-state index contributed by atoms with van der Waals surface area (Å²) in [5, 5.41) is 20.5. The fourth-order valence-corrected chi connectivity index (χ4v) is 1.90. The highest BCUT2D eigenvalue weighted by Crippen LogP contribution is 2.16. The molecule has 3 N–H and O–H groups in total. The Labute approximate surface area is 108 Å². The number of carbonyl (C=O) groups is 2. The number of nitrogens with one attached hydrogen (secondary N) is 1. The molecule has 6 nitrogen and oxygen atoms in total. The van der Waals surface area contributed by atoms with Crippen molar-refractivity contribution in [2.75, 3.05) is 12.9 Å². The zero-order valence-electron chi connectivity index (χ0n) is 9.79. The predicted octanol–water partition coefficient (Wildman–Crippen LogP) is 0.369. The normalized spacial score (nSPS) is 11.9. The van der Waals surface area contributed by atoms with Crippen molar-refractivity contribution < 1.29 is 19.8 Å². The SMILES string of the molecule is CSc1ncccc1C(=O)NC(CCO)C(=O)O. The number of carboxylic acids is 1. The van der Waals surface area contributed by atoms with Gasteiger partial charge in [-0.2, -0.15) is 0 Å². The topological polar surface area (TPSA) is 99.5 Å². The van der Waals surface area contributed by atoms with Crippen LogP contribution in [-0.2, 0) is 4.79 Å². The van der Waals surface area contributed by atoms with Crippen LogP contribution >= 0.6 is 11.8 Å². The van der Waals surface area contributed by atoms with E-state index in [1.165, 1.54) is 11.8 Å². The highest BCUT2D eigenvalue weighted by Gasteiger charge is 2.21. The highest BCUT2D eigenvalue weighted by atomic mass is 32.2. The number of aliphatic carboxylic acids is 1. The van der Waals surface area contributed by atoms with Crippen molar-refractivity contribution >= 4 is 23.6 Å². The molecule has 0 aliphatic rings. The molecular formula is C11H14N2O4S. The number of carbonyl (C=O) groups excluding carboxylic acids is 1. The number of aliphatic hydroxyl groups is 1. The Kier molecular flexibility index (Phi) is 5.60. The first-order valence-corrected chi connectivity index (χ1v) is 6.46. The fraction of sp³-hybridized carbons (Fsp3) is 0.364. The second-order valence-electron chi connectivity index (χ2n) is 3.44. The lowest BCUT2D eigenvalue weighted by molar-refractivity contribution is -0.139. The second-order valence-corrected chi connectivity index (χ2v) is 4.23. The zero-order chi connectivity index (χ0) is 13.5. The van der Waals surface area contributed by atoms with Crippen molar-refractivity contribution in [3.8, 4) is 0 Å². The molecule has 1 aromatic heterocycles. The molecule has 0 saturated heterocycles. The summed E-state index contributed by atoms with van der Waals surface area (Å²) in [4.78, 5) is 26.8. The van der Waals surface area contributed by atoms with E-state index in [-0.39, 0.29) is 13.0 Å². The molecule has 0 aromatic carbocycles. The average Bonchev–Trinajstić information content (AvgIpc) is 2.37. The minimum Gasteiger partial charge on any atom is -0.480 e. The summed E-state index contributed by atoms with van der Waals surface area (Å²) in [6.45, 7) is -0.306. The molecule has 1 atom stereocenters. The third kappa shape index (κ3) is 3.71. The van der Waals surface area contributed by atoms with E-state index in [0.29, 0.717) is 10.6 Å². The number of hydrogen-bond acceptors (Lipinski definition) is 5. The summed E-state index contributed by atoms with van der Waals surface area (Å²) in [5.41, 5.74) is 0.328. The summed E-state index contributed by atoms with van der Waals surface area (Å²) in [7, 11) is 0. The van der Waals surface area contributed by atoms with Gasteiger partial charge in [-0.15, -0.1) is 11.8 Å². The molecule has 0 bridgehead atoms. The number of aromatic nitrogens is 1. The first kappa shape index (κ1) is 14.5. The molecule has 0 saturated carbocycles. The van der Waals surface area contributed by atoms with Gasteiger partial charge in [0.1, 0.15) is 11.1 Å². The largest absolute Gasteiger partial charge is 0.480 e. The van der Waals surface area contributed by atoms with E-state index in [1.807, 2.05) is 0 Å². The van der Waals surface area contributed by atoms with Crippen molar-refractivity contribution in [1.29, 1.82) is 0 Å². The molecule has 0 fully saturated rings. The van der Waals surface area contributed by atoms with E-state index in [0.717, 1.165) is 0 Å². The Balaban J connectivity index is 2.83. The van der Waals surface area contributed by atoms with Gasteiger partial charge in [0, 0.05) is 19.2 Å². The van der Waals surface area contributed by atoms with E-state index >= 15 is 0 Å². The van der Waals surface area contributed by atoms with Crippen LogP contribution in [0.3, 0.4) is 0 Å². The minimum atomic E-state index is -1.17. The van der Waals surface area contributed by atoms with Gasteiger partial charge in [-0.3, -0.25) is 4.79 Å². The smallest absolute Gasteiger partial charge is 0.326 e. The van der Waals surface area contributed by atoms with Gasteiger partial charge in [-0.25, -0.2) is 9.78 Å². The minimum absolute atomic E-state index is 0.0318. The Hall–Kier alpha value is -1.60. The van der Waals surface area contributed by atoms with E-state index in [9.17, 15) is 9.59 Å². The molecule has 18 heavy (non-hydrogen) atoms. The highest BCUT2D eigenvalue weighted by molar-refractivity contribution is 7.98.